The van der Waals surface area contributed by atoms with Crippen molar-refractivity contribution < 1.29 is 9.90 Å². The molecular weight excluding hydrogens is 338 g/mol. The Kier molecular flexibility index (Phi) is 5.43. The van der Waals surface area contributed by atoms with Crippen molar-refractivity contribution in [3.05, 3.63) is 82.9 Å². The van der Waals surface area contributed by atoms with Gasteiger partial charge in [-0.15, -0.1) is 0 Å². The molecule has 0 bridgehead atoms. The van der Waals surface area contributed by atoms with Crippen LogP contribution in [-0.4, -0.2) is 11.0 Å². The third-order valence-electron chi connectivity index (χ3n) is 4.34. The van der Waals surface area contributed by atoms with Gasteiger partial charge < -0.3 is 21.5 Å². The van der Waals surface area contributed by atoms with Gasteiger partial charge in [0.2, 0.25) is 5.91 Å². The van der Waals surface area contributed by atoms with E-state index in [0.29, 0.717) is 16.8 Å². The van der Waals surface area contributed by atoms with Gasteiger partial charge in [-0.2, -0.15) is 0 Å². The Labute approximate surface area is 158 Å². The number of amides is 1. The van der Waals surface area contributed by atoms with Crippen molar-refractivity contribution in [3.8, 4) is 0 Å². The molecule has 0 atom stereocenters. The summed E-state index contributed by atoms with van der Waals surface area (Å²) in [5.41, 5.74) is 11.8. The van der Waals surface area contributed by atoms with Crippen LogP contribution in [0.15, 0.2) is 60.7 Å². The van der Waals surface area contributed by atoms with Crippen LogP contribution in [0.4, 0.5) is 22.7 Å². The number of benzene rings is 3. The summed E-state index contributed by atoms with van der Waals surface area (Å²) in [5.74, 6) is -0.576. The molecular formula is C22H23N3O2. The number of rotatable bonds is 6. The maximum Gasteiger partial charge on any atom is 0.249 e. The maximum absolute atomic E-state index is 11.8. The monoisotopic (exact) mass is 361 g/mol. The molecule has 0 unspecified atom stereocenters. The van der Waals surface area contributed by atoms with E-state index in [4.69, 9.17) is 5.73 Å². The van der Waals surface area contributed by atoms with Crippen LogP contribution in [0.5, 0.6) is 0 Å². The molecule has 0 heterocycles. The van der Waals surface area contributed by atoms with Crippen molar-refractivity contribution in [1.82, 2.24) is 0 Å². The lowest BCUT2D eigenvalue weighted by molar-refractivity contribution is 0.0997. The third-order valence-corrected chi connectivity index (χ3v) is 4.34. The molecule has 0 radical (unpaired) electrons. The second-order valence-electron chi connectivity index (χ2n) is 6.56. The fourth-order valence-corrected chi connectivity index (χ4v) is 2.80. The Hall–Kier alpha value is -3.31. The highest BCUT2D eigenvalue weighted by Gasteiger charge is 2.14. The lowest BCUT2D eigenvalue weighted by Gasteiger charge is -2.17. The zero-order chi connectivity index (χ0) is 19.4. The van der Waals surface area contributed by atoms with Gasteiger partial charge in [0.25, 0.3) is 0 Å². The summed E-state index contributed by atoms with van der Waals surface area (Å²) >= 11 is 0. The fraction of sp³-hybridized carbons (Fsp3) is 0.136. The van der Waals surface area contributed by atoms with E-state index >= 15 is 0 Å². The molecule has 0 saturated carbocycles. The van der Waals surface area contributed by atoms with Crippen molar-refractivity contribution in [2.75, 3.05) is 10.6 Å². The smallest absolute Gasteiger partial charge is 0.249 e. The lowest BCUT2D eigenvalue weighted by atomic mass is 10.0. The highest BCUT2D eigenvalue weighted by Crippen LogP contribution is 2.32. The summed E-state index contributed by atoms with van der Waals surface area (Å²) in [6.45, 7) is 3.78. The van der Waals surface area contributed by atoms with Gasteiger partial charge in [-0.1, -0.05) is 35.4 Å². The Morgan fingerprint density at radius 3 is 1.70 bits per heavy atom. The molecule has 5 heteroatoms. The molecule has 0 fully saturated rings. The molecule has 3 aromatic rings. The van der Waals surface area contributed by atoms with Crippen molar-refractivity contribution in [2.24, 2.45) is 5.73 Å². The van der Waals surface area contributed by atoms with Crippen LogP contribution in [0.25, 0.3) is 0 Å². The molecule has 0 aliphatic heterocycles. The van der Waals surface area contributed by atoms with Crippen LogP contribution < -0.4 is 16.4 Å². The average Bonchev–Trinajstić information content (AvgIpc) is 2.66. The first kappa shape index (κ1) is 18.5. The maximum atomic E-state index is 11.8. The highest BCUT2D eigenvalue weighted by molar-refractivity contribution is 5.97. The van der Waals surface area contributed by atoms with Gasteiger partial charge in [0.05, 0.1) is 18.0 Å². The molecule has 138 valence electrons. The summed E-state index contributed by atoms with van der Waals surface area (Å²) in [4.78, 5) is 11.8. The molecule has 0 aromatic heterocycles. The van der Waals surface area contributed by atoms with Crippen molar-refractivity contribution in [3.63, 3.8) is 0 Å². The fourth-order valence-electron chi connectivity index (χ4n) is 2.80. The minimum absolute atomic E-state index is 0.272. The Bertz CT molecular complexity index is 949. The first-order chi connectivity index (χ1) is 13.0. The molecule has 5 N–H and O–H groups in total. The number of primary amides is 1. The predicted octanol–water partition coefficient (Wildman–Crippen LogP) is 4.38. The van der Waals surface area contributed by atoms with Gasteiger partial charge in [0.1, 0.15) is 0 Å². The summed E-state index contributed by atoms with van der Waals surface area (Å²) in [6, 6.07) is 19.3. The number of hydrogen-bond acceptors (Lipinski definition) is 4. The number of hydrogen-bond donors (Lipinski definition) is 4. The van der Waals surface area contributed by atoms with E-state index in [9.17, 15) is 9.90 Å². The number of aliphatic hydroxyl groups excluding tert-OH is 1. The minimum atomic E-state index is -0.576. The second kappa shape index (κ2) is 7.93. The first-order valence-corrected chi connectivity index (χ1v) is 8.71. The number of aryl methyl sites for hydroxylation is 2. The molecule has 0 aliphatic carbocycles. The quantitative estimate of drug-likeness (QED) is 0.525. The molecule has 0 aliphatic rings. The zero-order valence-corrected chi connectivity index (χ0v) is 15.4. The van der Waals surface area contributed by atoms with E-state index in [1.807, 2.05) is 62.4 Å². The van der Waals surface area contributed by atoms with Gasteiger partial charge in [-0.05, 0) is 55.8 Å². The molecule has 3 aromatic carbocycles. The summed E-state index contributed by atoms with van der Waals surface area (Å²) < 4.78 is 0. The largest absolute Gasteiger partial charge is 0.392 e. The Morgan fingerprint density at radius 1 is 0.852 bits per heavy atom. The third kappa shape index (κ3) is 4.46. The number of carbonyl (C=O) groups is 1. The number of nitrogens with one attached hydrogen (secondary N) is 2. The van der Waals surface area contributed by atoms with E-state index in [-0.39, 0.29) is 6.61 Å². The number of anilines is 4. The van der Waals surface area contributed by atoms with Crippen molar-refractivity contribution in [1.29, 1.82) is 0 Å². The standard InChI is InChI=1S/C22H23N3O2/c1-14-3-7-17(8-4-14)24-20-11-16(13-26)19(22(23)27)12-21(20)25-18-9-5-15(2)6-10-18/h3-12,24-26H,13H2,1-2H3,(H2,23,27). The number of aliphatic hydroxyl groups is 1. The summed E-state index contributed by atoms with van der Waals surface area (Å²) in [5, 5.41) is 16.3. The SMILES string of the molecule is Cc1ccc(Nc2cc(CO)c(C(N)=O)cc2Nc2ccc(C)cc2)cc1. The van der Waals surface area contributed by atoms with Crippen LogP contribution in [0.3, 0.4) is 0 Å². The topological polar surface area (TPSA) is 87.4 Å². The Balaban J connectivity index is 2.03. The Morgan fingerprint density at radius 2 is 1.30 bits per heavy atom. The minimum Gasteiger partial charge on any atom is -0.392 e. The molecule has 1 amide bonds. The van der Waals surface area contributed by atoms with Gasteiger partial charge >= 0.3 is 0 Å². The van der Waals surface area contributed by atoms with Crippen LogP contribution >= 0.6 is 0 Å². The van der Waals surface area contributed by atoms with Crippen molar-refractivity contribution in [2.45, 2.75) is 20.5 Å². The van der Waals surface area contributed by atoms with Gasteiger partial charge in [-0.3, -0.25) is 4.79 Å². The van der Waals surface area contributed by atoms with Crippen LogP contribution in [-0.2, 0) is 6.61 Å². The van der Waals surface area contributed by atoms with E-state index in [1.54, 1.807) is 12.1 Å². The van der Waals surface area contributed by atoms with E-state index in [0.717, 1.165) is 22.6 Å². The zero-order valence-electron chi connectivity index (χ0n) is 15.4. The highest BCUT2D eigenvalue weighted by atomic mass is 16.3. The molecule has 0 saturated heterocycles. The van der Waals surface area contributed by atoms with Gasteiger partial charge in [-0.25, -0.2) is 0 Å². The van der Waals surface area contributed by atoms with Gasteiger partial charge in [0, 0.05) is 16.9 Å². The summed E-state index contributed by atoms with van der Waals surface area (Å²) in [6.07, 6.45) is 0. The lowest BCUT2D eigenvalue weighted by Crippen LogP contribution is -2.15. The summed E-state index contributed by atoms with van der Waals surface area (Å²) in [7, 11) is 0. The van der Waals surface area contributed by atoms with E-state index in [1.165, 1.54) is 5.56 Å². The van der Waals surface area contributed by atoms with Crippen LogP contribution in [0, 0.1) is 13.8 Å². The van der Waals surface area contributed by atoms with Crippen molar-refractivity contribution >= 4 is 28.7 Å². The van der Waals surface area contributed by atoms with E-state index in [2.05, 4.69) is 10.6 Å². The predicted molar refractivity (Wildman–Crippen MR) is 110 cm³/mol. The molecule has 27 heavy (non-hydrogen) atoms. The molecule has 0 spiro atoms. The molecule has 3 rings (SSSR count). The van der Waals surface area contributed by atoms with Crippen LogP contribution in [0.1, 0.15) is 27.0 Å². The number of nitrogens with two attached hydrogens (primary N) is 1. The normalized spacial score (nSPS) is 10.5. The van der Waals surface area contributed by atoms with E-state index < -0.39 is 5.91 Å². The first-order valence-electron chi connectivity index (χ1n) is 8.71. The van der Waals surface area contributed by atoms with Gasteiger partial charge in [0.15, 0.2) is 0 Å². The average molecular weight is 361 g/mol. The van der Waals surface area contributed by atoms with Crippen LogP contribution in [0.2, 0.25) is 0 Å². The number of carbonyl (C=O) groups excluding carboxylic acids is 1. The second-order valence-corrected chi connectivity index (χ2v) is 6.56. The molecule has 5 nitrogen and oxygen atoms in total.